The highest BCUT2D eigenvalue weighted by atomic mass is 32.2. The smallest absolute Gasteiger partial charge is 0.239 e. The van der Waals surface area contributed by atoms with Crippen LogP contribution in [0.25, 0.3) is 0 Å². The molecule has 24 heavy (non-hydrogen) atoms. The lowest BCUT2D eigenvalue weighted by Gasteiger charge is -2.10. The summed E-state index contributed by atoms with van der Waals surface area (Å²) in [7, 11) is 0. The van der Waals surface area contributed by atoms with Gasteiger partial charge in [-0.2, -0.15) is 4.98 Å². The fourth-order valence-electron chi connectivity index (χ4n) is 2.25. The Hall–Kier alpha value is -2.15. The first-order chi connectivity index (χ1) is 11.5. The van der Waals surface area contributed by atoms with E-state index >= 15 is 0 Å². The van der Waals surface area contributed by atoms with Crippen molar-refractivity contribution < 1.29 is 4.52 Å². The van der Waals surface area contributed by atoms with Gasteiger partial charge in [0.2, 0.25) is 5.89 Å². The third kappa shape index (κ3) is 3.67. The fraction of sp³-hybridized carbons (Fsp3) is 0.412. The molecule has 0 amide bonds. The van der Waals surface area contributed by atoms with Crippen molar-refractivity contribution in [2.75, 3.05) is 0 Å². The average Bonchev–Trinajstić information content (AvgIpc) is 3.18. The molecule has 0 fully saturated rings. The van der Waals surface area contributed by atoms with Crippen LogP contribution in [-0.4, -0.2) is 24.9 Å². The van der Waals surface area contributed by atoms with Crippen LogP contribution in [0, 0.1) is 6.92 Å². The van der Waals surface area contributed by atoms with Crippen molar-refractivity contribution in [2.45, 2.75) is 50.6 Å². The summed E-state index contributed by atoms with van der Waals surface area (Å²) in [5.41, 5.74) is 1.22. The number of aromatic nitrogens is 5. The summed E-state index contributed by atoms with van der Waals surface area (Å²) in [6.45, 7) is 8.85. The molecule has 2 aromatic heterocycles. The standard InChI is InChI=1S/C17H21N5OS/c1-11(2)15-18-16(23-21-15)12(3)24-17-20-19-13(4)22(17)10-14-8-6-5-7-9-14/h5-9,11-12H,10H2,1-4H3. The lowest BCUT2D eigenvalue weighted by atomic mass is 10.2. The van der Waals surface area contributed by atoms with Gasteiger partial charge in [0.25, 0.3) is 0 Å². The third-order valence-electron chi connectivity index (χ3n) is 3.69. The van der Waals surface area contributed by atoms with Crippen molar-refractivity contribution in [3.8, 4) is 0 Å². The molecule has 0 aliphatic carbocycles. The van der Waals surface area contributed by atoms with Crippen molar-refractivity contribution in [3.05, 3.63) is 53.4 Å². The van der Waals surface area contributed by atoms with Crippen molar-refractivity contribution in [1.82, 2.24) is 24.9 Å². The Morgan fingerprint density at radius 2 is 1.88 bits per heavy atom. The third-order valence-corrected chi connectivity index (χ3v) is 4.76. The summed E-state index contributed by atoms with van der Waals surface area (Å²) in [5.74, 6) is 2.50. The molecule has 1 aromatic carbocycles. The van der Waals surface area contributed by atoms with Gasteiger partial charge in [0, 0.05) is 5.92 Å². The molecule has 0 spiro atoms. The van der Waals surface area contributed by atoms with Gasteiger partial charge in [-0.05, 0) is 19.4 Å². The Morgan fingerprint density at radius 3 is 2.54 bits per heavy atom. The van der Waals surface area contributed by atoms with Crippen LogP contribution in [0.3, 0.4) is 0 Å². The predicted molar refractivity (Wildman–Crippen MR) is 93.0 cm³/mol. The minimum Gasteiger partial charge on any atom is -0.338 e. The molecule has 0 aliphatic heterocycles. The van der Waals surface area contributed by atoms with E-state index in [2.05, 4.69) is 37.0 Å². The Kier molecular flexibility index (Phi) is 4.99. The number of hydrogen-bond acceptors (Lipinski definition) is 6. The number of thioether (sulfide) groups is 1. The monoisotopic (exact) mass is 343 g/mol. The first-order valence-electron chi connectivity index (χ1n) is 7.98. The molecule has 0 radical (unpaired) electrons. The van der Waals surface area contributed by atoms with E-state index in [1.807, 2.05) is 45.9 Å². The lowest BCUT2D eigenvalue weighted by molar-refractivity contribution is 0.373. The van der Waals surface area contributed by atoms with Crippen LogP contribution in [-0.2, 0) is 6.54 Å². The largest absolute Gasteiger partial charge is 0.338 e. The first-order valence-corrected chi connectivity index (χ1v) is 8.86. The zero-order valence-electron chi connectivity index (χ0n) is 14.3. The van der Waals surface area contributed by atoms with Crippen molar-refractivity contribution in [2.24, 2.45) is 0 Å². The molecular formula is C17H21N5OS. The van der Waals surface area contributed by atoms with Crippen molar-refractivity contribution in [3.63, 3.8) is 0 Å². The van der Waals surface area contributed by atoms with Crippen molar-refractivity contribution in [1.29, 1.82) is 0 Å². The quantitative estimate of drug-likeness (QED) is 0.630. The van der Waals surface area contributed by atoms with Gasteiger partial charge in [-0.25, -0.2) is 0 Å². The lowest BCUT2D eigenvalue weighted by Crippen LogP contribution is -2.04. The minimum absolute atomic E-state index is 0.0168. The summed E-state index contributed by atoms with van der Waals surface area (Å²) in [5, 5.41) is 13.4. The Morgan fingerprint density at radius 1 is 1.12 bits per heavy atom. The van der Waals surface area contributed by atoms with Crippen molar-refractivity contribution >= 4 is 11.8 Å². The molecule has 0 bridgehead atoms. The molecule has 7 heteroatoms. The molecule has 1 atom stereocenters. The summed E-state index contributed by atoms with van der Waals surface area (Å²) in [6, 6.07) is 10.3. The van der Waals surface area contributed by atoms with Gasteiger partial charge in [0.15, 0.2) is 11.0 Å². The van der Waals surface area contributed by atoms with Gasteiger partial charge in [0.1, 0.15) is 5.82 Å². The van der Waals surface area contributed by atoms with Crippen LogP contribution in [0.15, 0.2) is 40.0 Å². The number of benzene rings is 1. The molecule has 126 valence electrons. The maximum Gasteiger partial charge on any atom is 0.239 e. The molecule has 3 aromatic rings. The molecule has 1 unspecified atom stereocenters. The summed E-state index contributed by atoms with van der Waals surface area (Å²) in [4.78, 5) is 4.47. The van der Waals surface area contributed by atoms with Crippen LogP contribution < -0.4 is 0 Å². The number of rotatable bonds is 6. The van der Waals surface area contributed by atoms with E-state index in [1.54, 1.807) is 11.8 Å². The molecule has 0 N–H and O–H groups in total. The van der Waals surface area contributed by atoms with Gasteiger partial charge >= 0.3 is 0 Å². The van der Waals surface area contributed by atoms with E-state index in [4.69, 9.17) is 4.52 Å². The van der Waals surface area contributed by atoms with E-state index in [0.29, 0.717) is 5.89 Å². The number of hydrogen-bond donors (Lipinski definition) is 0. The molecule has 3 rings (SSSR count). The van der Waals surface area contributed by atoms with Gasteiger partial charge in [-0.15, -0.1) is 10.2 Å². The zero-order chi connectivity index (χ0) is 17.1. The zero-order valence-corrected chi connectivity index (χ0v) is 15.1. The van der Waals surface area contributed by atoms with Crippen LogP contribution >= 0.6 is 11.8 Å². The van der Waals surface area contributed by atoms with Crippen LogP contribution in [0.5, 0.6) is 0 Å². The van der Waals surface area contributed by atoms with Crippen LogP contribution in [0.1, 0.15) is 55.0 Å². The van der Waals surface area contributed by atoms with E-state index in [1.165, 1.54) is 5.56 Å². The molecule has 0 saturated carbocycles. The molecule has 2 heterocycles. The predicted octanol–water partition coefficient (Wildman–Crippen LogP) is 3.99. The summed E-state index contributed by atoms with van der Waals surface area (Å²) in [6.07, 6.45) is 0. The number of nitrogens with zero attached hydrogens (tertiary/aromatic N) is 5. The second kappa shape index (κ2) is 7.17. The van der Waals surface area contributed by atoms with E-state index in [0.717, 1.165) is 23.4 Å². The Labute approximate surface area is 145 Å². The fourth-order valence-corrected chi connectivity index (χ4v) is 3.18. The molecule has 0 aliphatic rings. The van der Waals surface area contributed by atoms with E-state index in [-0.39, 0.29) is 11.2 Å². The van der Waals surface area contributed by atoms with Gasteiger partial charge in [-0.3, -0.25) is 0 Å². The summed E-state index contributed by atoms with van der Waals surface area (Å²) >= 11 is 1.58. The first kappa shape index (κ1) is 16.7. The second-order valence-corrected chi connectivity index (χ2v) is 7.32. The van der Waals surface area contributed by atoms with Gasteiger partial charge < -0.3 is 9.09 Å². The van der Waals surface area contributed by atoms with E-state index < -0.39 is 0 Å². The van der Waals surface area contributed by atoms with Gasteiger partial charge in [0.05, 0.1) is 11.8 Å². The topological polar surface area (TPSA) is 69.6 Å². The summed E-state index contributed by atoms with van der Waals surface area (Å²) < 4.78 is 7.49. The maximum absolute atomic E-state index is 5.39. The van der Waals surface area contributed by atoms with Crippen LogP contribution in [0.4, 0.5) is 0 Å². The number of aryl methyl sites for hydroxylation is 1. The second-order valence-electron chi connectivity index (χ2n) is 6.01. The SMILES string of the molecule is Cc1nnc(SC(C)c2nc(C(C)C)no2)n1Cc1ccccc1. The minimum atomic E-state index is 0.0168. The molecular weight excluding hydrogens is 322 g/mol. The van der Waals surface area contributed by atoms with Crippen LogP contribution in [0.2, 0.25) is 0 Å². The highest BCUT2D eigenvalue weighted by Crippen LogP contribution is 2.33. The highest BCUT2D eigenvalue weighted by Gasteiger charge is 2.20. The Bertz CT molecular complexity index is 796. The average molecular weight is 343 g/mol. The molecule has 6 nitrogen and oxygen atoms in total. The highest BCUT2D eigenvalue weighted by molar-refractivity contribution is 7.99. The normalized spacial score (nSPS) is 12.7. The molecule has 0 saturated heterocycles. The maximum atomic E-state index is 5.39. The Balaban J connectivity index is 1.77. The van der Waals surface area contributed by atoms with Gasteiger partial charge in [-0.1, -0.05) is 61.1 Å². The van der Waals surface area contributed by atoms with E-state index in [9.17, 15) is 0 Å².